The second-order valence-electron chi connectivity index (χ2n) is 6.49. The van der Waals surface area contributed by atoms with Crippen molar-refractivity contribution in [1.82, 2.24) is 9.88 Å². The number of carbonyl (C=O) groups is 1. The lowest BCUT2D eigenvalue weighted by Crippen LogP contribution is -2.48. The number of amides is 1. The minimum absolute atomic E-state index is 0.161. The molecule has 22 heavy (non-hydrogen) atoms. The van der Waals surface area contributed by atoms with Gasteiger partial charge in [-0.1, -0.05) is 12.1 Å². The quantitative estimate of drug-likeness (QED) is 0.829. The van der Waals surface area contributed by atoms with Gasteiger partial charge in [0.05, 0.1) is 6.04 Å². The summed E-state index contributed by atoms with van der Waals surface area (Å²) in [4.78, 5) is 16.5. The van der Waals surface area contributed by atoms with E-state index in [4.69, 9.17) is 5.73 Å². The first-order valence-electron chi connectivity index (χ1n) is 7.71. The Morgan fingerprint density at radius 1 is 1.50 bits per heavy atom. The molecule has 1 unspecified atom stereocenters. The van der Waals surface area contributed by atoms with E-state index in [0.717, 1.165) is 18.4 Å². The van der Waals surface area contributed by atoms with E-state index in [1.807, 2.05) is 4.90 Å². The fraction of sp³-hybridized carbons (Fsp3) is 0.412. The Bertz CT molecular complexity index is 788. The summed E-state index contributed by atoms with van der Waals surface area (Å²) in [6.07, 6.45) is 6.57. The van der Waals surface area contributed by atoms with Crippen LogP contribution in [0.2, 0.25) is 0 Å². The lowest BCUT2D eigenvalue weighted by atomic mass is 9.72. The normalized spacial score (nSPS) is 26.5. The third-order valence-corrected chi connectivity index (χ3v) is 5.17. The molecule has 3 atom stereocenters. The van der Waals surface area contributed by atoms with Crippen molar-refractivity contribution in [2.24, 2.45) is 11.7 Å². The van der Waals surface area contributed by atoms with Gasteiger partial charge in [0.25, 0.3) is 0 Å². The van der Waals surface area contributed by atoms with Gasteiger partial charge in [0.2, 0.25) is 5.91 Å². The lowest BCUT2D eigenvalue weighted by molar-refractivity contribution is -0.119. The van der Waals surface area contributed by atoms with E-state index < -0.39 is 0 Å². The number of aromatic nitrogens is 1. The fourth-order valence-electron chi connectivity index (χ4n) is 4.34. The molecule has 1 aromatic carbocycles. The van der Waals surface area contributed by atoms with Crippen LogP contribution in [0.1, 0.15) is 29.9 Å². The van der Waals surface area contributed by atoms with Crippen LogP contribution in [0.4, 0.5) is 0 Å². The summed E-state index contributed by atoms with van der Waals surface area (Å²) in [5, 5.41) is 10.8. The van der Waals surface area contributed by atoms with Crippen molar-refractivity contribution >= 4 is 16.8 Å². The highest BCUT2D eigenvalue weighted by atomic mass is 16.1. The summed E-state index contributed by atoms with van der Waals surface area (Å²) < 4.78 is 0. The van der Waals surface area contributed by atoms with Crippen molar-refractivity contribution in [2.75, 3.05) is 6.54 Å². The van der Waals surface area contributed by atoms with Crippen LogP contribution in [0.25, 0.3) is 10.9 Å². The van der Waals surface area contributed by atoms with Crippen LogP contribution >= 0.6 is 0 Å². The molecule has 0 spiro atoms. The molecule has 4 rings (SSSR count). The van der Waals surface area contributed by atoms with Crippen LogP contribution in [-0.2, 0) is 11.2 Å². The summed E-state index contributed by atoms with van der Waals surface area (Å²) in [6.45, 7) is 0.635. The van der Waals surface area contributed by atoms with E-state index in [9.17, 15) is 10.1 Å². The number of nitrogens with two attached hydrogens (primary N) is 1. The molecule has 0 saturated carbocycles. The molecule has 1 amide bonds. The van der Waals surface area contributed by atoms with Gasteiger partial charge in [-0.05, 0) is 36.0 Å². The van der Waals surface area contributed by atoms with Gasteiger partial charge in [0.15, 0.2) is 6.19 Å². The lowest BCUT2D eigenvalue weighted by Gasteiger charge is -2.44. The topological polar surface area (TPSA) is 85.9 Å². The van der Waals surface area contributed by atoms with Crippen molar-refractivity contribution in [2.45, 2.75) is 31.2 Å². The Morgan fingerprint density at radius 3 is 3.14 bits per heavy atom. The largest absolute Gasteiger partial charge is 0.370 e. The Balaban J connectivity index is 1.78. The van der Waals surface area contributed by atoms with Gasteiger partial charge >= 0.3 is 0 Å². The van der Waals surface area contributed by atoms with E-state index in [1.165, 1.54) is 16.5 Å². The van der Waals surface area contributed by atoms with Gasteiger partial charge in [-0.2, -0.15) is 5.26 Å². The van der Waals surface area contributed by atoms with Crippen LogP contribution in [0.5, 0.6) is 0 Å². The number of benzene rings is 1. The predicted molar refractivity (Wildman–Crippen MR) is 82.8 cm³/mol. The first-order chi connectivity index (χ1) is 10.7. The third kappa shape index (κ3) is 1.87. The minimum atomic E-state index is -0.280. The fourth-order valence-corrected chi connectivity index (χ4v) is 4.34. The molecule has 1 fully saturated rings. The number of piperidine rings is 1. The van der Waals surface area contributed by atoms with Crippen molar-refractivity contribution in [3.8, 4) is 6.19 Å². The molecule has 5 heteroatoms. The molecule has 2 aliphatic rings. The van der Waals surface area contributed by atoms with Gasteiger partial charge in [-0.3, -0.25) is 4.79 Å². The van der Waals surface area contributed by atoms with Crippen LogP contribution in [0, 0.1) is 17.4 Å². The molecule has 2 aromatic rings. The maximum Gasteiger partial charge on any atom is 0.217 e. The van der Waals surface area contributed by atoms with Crippen LogP contribution in [0.3, 0.4) is 0 Å². The SMILES string of the molecule is N#CN1CC(CC(N)=O)C[C@@H]2c3cccc4[nH]cc(c34)C[C@H]21. The highest BCUT2D eigenvalue weighted by molar-refractivity contribution is 5.88. The zero-order chi connectivity index (χ0) is 15.3. The molecule has 0 radical (unpaired) electrons. The molecule has 0 bridgehead atoms. The number of nitriles is 1. The van der Waals surface area contributed by atoms with Crippen LogP contribution < -0.4 is 5.73 Å². The van der Waals surface area contributed by atoms with Crippen LogP contribution in [0.15, 0.2) is 24.4 Å². The van der Waals surface area contributed by atoms with Crippen molar-refractivity contribution in [3.05, 3.63) is 35.5 Å². The first-order valence-corrected chi connectivity index (χ1v) is 7.71. The number of carbonyl (C=O) groups excluding carboxylic acids is 1. The maximum absolute atomic E-state index is 11.3. The van der Waals surface area contributed by atoms with Crippen molar-refractivity contribution < 1.29 is 4.79 Å². The summed E-state index contributed by atoms with van der Waals surface area (Å²) in [5.74, 6) is 0.177. The molecule has 1 aliphatic carbocycles. The average Bonchev–Trinajstić information content (AvgIpc) is 2.91. The van der Waals surface area contributed by atoms with Crippen molar-refractivity contribution in [1.29, 1.82) is 5.26 Å². The number of likely N-dealkylation sites (tertiary alicyclic amines) is 1. The zero-order valence-corrected chi connectivity index (χ0v) is 12.2. The smallest absolute Gasteiger partial charge is 0.217 e. The number of aromatic amines is 1. The highest BCUT2D eigenvalue weighted by Crippen LogP contribution is 2.44. The molecule has 1 aliphatic heterocycles. The average molecular weight is 294 g/mol. The third-order valence-electron chi connectivity index (χ3n) is 5.17. The Hall–Kier alpha value is -2.48. The molecule has 1 aromatic heterocycles. The molecule has 2 heterocycles. The summed E-state index contributed by atoms with van der Waals surface area (Å²) in [7, 11) is 0. The Morgan fingerprint density at radius 2 is 2.36 bits per heavy atom. The van der Waals surface area contributed by atoms with E-state index in [0.29, 0.717) is 18.9 Å². The number of primary amides is 1. The van der Waals surface area contributed by atoms with Gasteiger partial charge in [0.1, 0.15) is 0 Å². The van der Waals surface area contributed by atoms with Gasteiger partial charge in [0, 0.05) is 36.0 Å². The molecule has 112 valence electrons. The van der Waals surface area contributed by atoms with Gasteiger partial charge in [-0.15, -0.1) is 0 Å². The summed E-state index contributed by atoms with van der Waals surface area (Å²) in [5.41, 5.74) is 9.13. The molecular weight excluding hydrogens is 276 g/mol. The highest BCUT2D eigenvalue weighted by Gasteiger charge is 2.40. The number of nitrogens with one attached hydrogen (secondary N) is 1. The monoisotopic (exact) mass is 294 g/mol. The second-order valence-corrected chi connectivity index (χ2v) is 6.49. The maximum atomic E-state index is 11.3. The predicted octanol–water partition coefficient (Wildman–Crippen LogP) is 1.85. The zero-order valence-electron chi connectivity index (χ0n) is 12.2. The van der Waals surface area contributed by atoms with Crippen molar-refractivity contribution in [3.63, 3.8) is 0 Å². The second kappa shape index (κ2) is 4.77. The van der Waals surface area contributed by atoms with E-state index in [1.54, 1.807) is 0 Å². The number of rotatable bonds is 2. The number of fused-ring (bicyclic) bond motifs is 2. The summed E-state index contributed by atoms with van der Waals surface area (Å²) >= 11 is 0. The molecular formula is C17H18N4O. The van der Waals surface area contributed by atoms with Crippen LogP contribution in [-0.4, -0.2) is 28.4 Å². The standard InChI is InChI=1S/C17H18N4O/c18-9-21-8-10(5-16(19)22)4-13-12-2-1-3-14-17(12)11(7-20-14)6-15(13)21/h1-3,7,10,13,15,20H,4-6,8H2,(H2,19,22)/t10?,13-,15-/m1/s1. The number of H-pyrrole nitrogens is 1. The Kier molecular flexibility index (Phi) is 2.86. The Labute approximate surface area is 128 Å². The molecule has 3 N–H and O–H groups in total. The van der Waals surface area contributed by atoms with Gasteiger partial charge < -0.3 is 15.6 Å². The summed E-state index contributed by atoms with van der Waals surface area (Å²) in [6, 6.07) is 6.52. The number of hydrogen-bond donors (Lipinski definition) is 2. The number of hydrogen-bond acceptors (Lipinski definition) is 3. The molecule has 1 saturated heterocycles. The molecule has 5 nitrogen and oxygen atoms in total. The van der Waals surface area contributed by atoms with E-state index >= 15 is 0 Å². The van der Waals surface area contributed by atoms with E-state index in [-0.39, 0.29) is 17.9 Å². The van der Waals surface area contributed by atoms with Gasteiger partial charge in [-0.25, -0.2) is 0 Å². The minimum Gasteiger partial charge on any atom is -0.370 e. The first kappa shape index (κ1) is 13.2. The van der Waals surface area contributed by atoms with E-state index in [2.05, 4.69) is 35.6 Å². The number of nitrogens with zero attached hydrogens (tertiary/aromatic N) is 2.